The Morgan fingerprint density at radius 2 is 1.28 bits per heavy atom. The van der Waals surface area contributed by atoms with Gasteiger partial charge in [0.05, 0.1) is 12.0 Å². The van der Waals surface area contributed by atoms with Crippen LogP contribution >= 0.6 is 0 Å². The van der Waals surface area contributed by atoms with E-state index < -0.39 is 6.10 Å². The van der Waals surface area contributed by atoms with Crippen LogP contribution < -0.4 is 0 Å². The molecule has 0 aliphatic carbocycles. The smallest absolute Gasteiger partial charge is 0.311 e. The Hall–Kier alpha value is -0.570. The Morgan fingerprint density at radius 3 is 1.84 bits per heavy atom. The summed E-state index contributed by atoms with van der Waals surface area (Å²) in [6.07, 6.45) is 18.1. The molecule has 0 aromatic heterocycles. The van der Waals surface area contributed by atoms with Gasteiger partial charge in [0.15, 0.2) is 0 Å². The van der Waals surface area contributed by atoms with Crippen molar-refractivity contribution in [3.63, 3.8) is 0 Å². The first kappa shape index (κ1) is 22.5. The first-order valence-electron chi connectivity index (χ1n) is 11.1. The SMILES string of the molecule is CCCCCCCCCCC[C@@H]1C[C@H](O)[C@@H](CCCCCC)C(=O)O1. The predicted molar refractivity (Wildman–Crippen MR) is 105 cm³/mol. The molecule has 1 saturated heterocycles. The average Bonchev–Trinajstić information content (AvgIpc) is 2.59. The van der Waals surface area contributed by atoms with Crippen LogP contribution in [0.1, 0.15) is 117 Å². The van der Waals surface area contributed by atoms with E-state index in [2.05, 4.69) is 13.8 Å². The van der Waals surface area contributed by atoms with Crippen LogP contribution in [0.5, 0.6) is 0 Å². The molecular weight excluding hydrogens is 312 g/mol. The van der Waals surface area contributed by atoms with Gasteiger partial charge < -0.3 is 9.84 Å². The van der Waals surface area contributed by atoms with Gasteiger partial charge in [-0.15, -0.1) is 0 Å². The topological polar surface area (TPSA) is 46.5 Å². The monoisotopic (exact) mass is 354 g/mol. The van der Waals surface area contributed by atoms with E-state index in [1.165, 1.54) is 64.2 Å². The van der Waals surface area contributed by atoms with E-state index in [-0.39, 0.29) is 18.0 Å². The van der Waals surface area contributed by atoms with Crippen molar-refractivity contribution in [1.82, 2.24) is 0 Å². The molecule has 1 aliphatic rings. The van der Waals surface area contributed by atoms with E-state index >= 15 is 0 Å². The summed E-state index contributed by atoms with van der Waals surface area (Å²) in [5.74, 6) is -0.438. The fourth-order valence-electron chi connectivity index (χ4n) is 3.85. The van der Waals surface area contributed by atoms with E-state index in [9.17, 15) is 9.90 Å². The molecule has 1 heterocycles. The van der Waals surface area contributed by atoms with E-state index in [0.717, 1.165) is 32.1 Å². The number of cyclic esters (lactones) is 1. The van der Waals surface area contributed by atoms with Crippen LogP contribution in [0.3, 0.4) is 0 Å². The fraction of sp³-hybridized carbons (Fsp3) is 0.955. The van der Waals surface area contributed by atoms with Crippen LogP contribution in [0.25, 0.3) is 0 Å². The zero-order valence-corrected chi connectivity index (χ0v) is 16.8. The van der Waals surface area contributed by atoms with Crippen LogP contribution in [0.4, 0.5) is 0 Å². The molecule has 1 fully saturated rings. The molecular formula is C22H42O3. The number of hydrogen-bond acceptors (Lipinski definition) is 3. The summed E-state index contributed by atoms with van der Waals surface area (Å²) in [5, 5.41) is 10.3. The highest BCUT2D eigenvalue weighted by molar-refractivity contribution is 5.74. The number of hydrogen-bond donors (Lipinski definition) is 1. The second-order valence-electron chi connectivity index (χ2n) is 7.93. The largest absolute Gasteiger partial charge is 0.462 e. The van der Waals surface area contributed by atoms with Crippen LogP contribution in [0.15, 0.2) is 0 Å². The number of aliphatic hydroxyl groups excluding tert-OH is 1. The number of carbonyl (C=O) groups is 1. The van der Waals surface area contributed by atoms with Crippen molar-refractivity contribution in [3.8, 4) is 0 Å². The van der Waals surface area contributed by atoms with Gasteiger partial charge >= 0.3 is 5.97 Å². The molecule has 0 saturated carbocycles. The summed E-state index contributed by atoms with van der Waals surface area (Å²) in [7, 11) is 0. The lowest BCUT2D eigenvalue weighted by atomic mass is 9.88. The molecule has 0 unspecified atom stereocenters. The number of ether oxygens (including phenoxy) is 1. The number of unbranched alkanes of at least 4 members (excludes halogenated alkanes) is 11. The third kappa shape index (κ3) is 10.2. The molecule has 0 radical (unpaired) electrons. The lowest BCUT2D eigenvalue weighted by molar-refractivity contribution is -0.170. The second kappa shape index (κ2) is 14.6. The number of aliphatic hydroxyl groups is 1. The van der Waals surface area contributed by atoms with Crippen LogP contribution in [-0.4, -0.2) is 23.3 Å². The average molecular weight is 355 g/mol. The van der Waals surface area contributed by atoms with Crippen molar-refractivity contribution >= 4 is 5.97 Å². The summed E-state index contributed by atoms with van der Waals surface area (Å²) < 4.78 is 5.60. The molecule has 148 valence electrons. The summed E-state index contributed by atoms with van der Waals surface area (Å²) in [6, 6.07) is 0. The second-order valence-corrected chi connectivity index (χ2v) is 7.93. The Labute approximate surface area is 155 Å². The van der Waals surface area contributed by atoms with Crippen molar-refractivity contribution in [1.29, 1.82) is 0 Å². The minimum Gasteiger partial charge on any atom is -0.462 e. The number of carbonyl (C=O) groups excluding carboxylic acids is 1. The summed E-state index contributed by atoms with van der Waals surface area (Å²) in [4.78, 5) is 12.2. The van der Waals surface area contributed by atoms with Gasteiger partial charge in [-0.1, -0.05) is 90.9 Å². The molecule has 0 amide bonds. The lowest BCUT2D eigenvalue weighted by Crippen LogP contribution is -2.41. The summed E-state index contributed by atoms with van der Waals surface area (Å²) in [5.41, 5.74) is 0. The molecule has 3 nitrogen and oxygen atoms in total. The highest BCUT2D eigenvalue weighted by Crippen LogP contribution is 2.28. The fourth-order valence-corrected chi connectivity index (χ4v) is 3.85. The maximum atomic E-state index is 12.2. The minimum atomic E-state index is -0.494. The molecule has 1 N–H and O–H groups in total. The first-order valence-corrected chi connectivity index (χ1v) is 11.1. The maximum Gasteiger partial charge on any atom is 0.311 e. The molecule has 25 heavy (non-hydrogen) atoms. The van der Waals surface area contributed by atoms with Crippen molar-refractivity contribution in [2.45, 2.75) is 129 Å². The van der Waals surface area contributed by atoms with E-state index in [1.54, 1.807) is 0 Å². The normalized spacial score (nSPS) is 23.6. The van der Waals surface area contributed by atoms with Crippen molar-refractivity contribution in [2.24, 2.45) is 5.92 Å². The van der Waals surface area contributed by atoms with Gasteiger partial charge in [-0.3, -0.25) is 4.79 Å². The molecule has 0 bridgehead atoms. The molecule has 0 spiro atoms. The zero-order valence-electron chi connectivity index (χ0n) is 16.8. The van der Waals surface area contributed by atoms with Crippen molar-refractivity contribution in [2.75, 3.05) is 0 Å². The van der Waals surface area contributed by atoms with Gasteiger partial charge in [0.1, 0.15) is 6.10 Å². The van der Waals surface area contributed by atoms with Gasteiger partial charge in [0.2, 0.25) is 0 Å². The highest BCUT2D eigenvalue weighted by Gasteiger charge is 2.36. The van der Waals surface area contributed by atoms with Crippen molar-refractivity contribution < 1.29 is 14.6 Å². The molecule has 1 aliphatic heterocycles. The maximum absolute atomic E-state index is 12.2. The molecule has 0 aromatic rings. The molecule has 3 heteroatoms. The van der Waals surface area contributed by atoms with Gasteiger partial charge in [-0.25, -0.2) is 0 Å². The van der Waals surface area contributed by atoms with Crippen LogP contribution in [-0.2, 0) is 9.53 Å². The molecule has 3 atom stereocenters. The third-order valence-corrected chi connectivity index (χ3v) is 5.55. The van der Waals surface area contributed by atoms with E-state index in [4.69, 9.17) is 4.74 Å². The minimum absolute atomic E-state index is 0.0565. The standard InChI is InChI=1S/C22H42O3/c1-3-5-7-9-10-11-12-13-14-16-19-18-21(23)20(22(24)25-19)17-15-8-6-4-2/h19-21,23H,3-18H2,1-2H3/t19-,20-,21+/m1/s1. The van der Waals surface area contributed by atoms with Gasteiger partial charge in [0.25, 0.3) is 0 Å². The van der Waals surface area contributed by atoms with Crippen molar-refractivity contribution in [3.05, 3.63) is 0 Å². The Balaban J connectivity index is 2.06. The lowest BCUT2D eigenvalue weighted by Gasteiger charge is -2.32. The van der Waals surface area contributed by atoms with Crippen LogP contribution in [0.2, 0.25) is 0 Å². The number of rotatable bonds is 15. The third-order valence-electron chi connectivity index (χ3n) is 5.55. The zero-order chi connectivity index (χ0) is 18.3. The van der Waals surface area contributed by atoms with Gasteiger partial charge in [0, 0.05) is 6.42 Å². The first-order chi connectivity index (χ1) is 12.2. The predicted octanol–water partition coefficient (Wildman–Crippen LogP) is 6.17. The Morgan fingerprint density at radius 1 is 0.800 bits per heavy atom. The van der Waals surface area contributed by atoms with Gasteiger partial charge in [-0.2, -0.15) is 0 Å². The summed E-state index contributed by atoms with van der Waals surface area (Å²) >= 11 is 0. The highest BCUT2D eigenvalue weighted by atomic mass is 16.5. The molecule has 0 aromatic carbocycles. The Kier molecular flexibility index (Phi) is 13.1. The quantitative estimate of drug-likeness (QED) is 0.282. The van der Waals surface area contributed by atoms with E-state index in [1.807, 2.05) is 0 Å². The number of esters is 1. The summed E-state index contributed by atoms with van der Waals surface area (Å²) in [6.45, 7) is 4.43. The van der Waals surface area contributed by atoms with E-state index in [0.29, 0.717) is 6.42 Å². The molecule has 1 rings (SSSR count). The van der Waals surface area contributed by atoms with Gasteiger partial charge in [-0.05, 0) is 19.3 Å². The van der Waals surface area contributed by atoms with Crippen LogP contribution in [0, 0.1) is 5.92 Å². The Bertz CT molecular complexity index is 329.